The van der Waals surface area contributed by atoms with E-state index in [1.807, 2.05) is 6.07 Å². The maximum atomic E-state index is 11.4. The number of ether oxygens (including phenoxy) is 2. The zero-order valence-electron chi connectivity index (χ0n) is 16.6. The van der Waals surface area contributed by atoms with Gasteiger partial charge in [-0.2, -0.15) is 0 Å². The first-order valence-electron chi connectivity index (χ1n) is 9.46. The summed E-state index contributed by atoms with van der Waals surface area (Å²) in [5.41, 5.74) is 3.01. The summed E-state index contributed by atoms with van der Waals surface area (Å²) in [6.07, 6.45) is 7.56. The molecule has 1 N–H and O–H groups in total. The lowest BCUT2D eigenvalue weighted by Crippen LogP contribution is -2.42. The smallest absolute Gasteiger partial charge is 0.331 e. The molecule has 1 heterocycles. The zero-order chi connectivity index (χ0) is 19.6. The average molecular weight is 371 g/mol. The Labute approximate surface area is 161 Å². The SMILES string of the molecule is C/C=C(\CC1=C[C@@H]2N(C)CC[C@]2(c2ccc(OC)c(OC)c2)CC1)C(=O)O. The Morgan fingerprint density at radius 2 is 2.04 bits per heavy atom. The van der Waals surface area contributed by atoms with E-state index in [2.05, 4.69) is 30.2 Å². The summed E-state index contributed by atoms with van der Waals surface area (Å²) in [7, 11) is 5.47. The molecule has 5 nitrogen and oxygen atoms in total. The maximum absolute atomic E-state index is 11.4. The number of likely N-dealkylation sites (tertiary alicyclic amines) is 1. The van der Waals surface area contributed by atoms with Gasteiger partial charge in [0.2, 0.25) is 0 Å². The van der Waals surface area contributed by atoms with Crippen LogP contribution in [0.1, 0.15) is 38.2 Å². The van der Waals surface area contributed by atoms with Crippen LogP contribution in [0.4, 0.5) is 0 Å². The molecule has 2 atom stereocenters. The number of carboxylic acids is 1. The van der Waals surface area contributed by atoms with Gasteiger partial charge < -0.3 is 14.6 Å². The van der Waals surface area contributed by atoms with E-state index in [0.717, 1.165) is 37.3 Å². The van der Waals surface area contributed by atoms with Gasteiger partial charge in [0.05, 0.1) is 14.2 Å². The van der Waals surface area contributed by atoms with Gasteiger partial charge in [-0.05, 0) is 57.5 Å². The predicted molar refractivity (Wildman–Crippen MR) is 106 cm³/mol. The molecular formula is C22H29NO4. The Morgan fingerprint density at radius 3 is 2.67 bits per heavy atom. The molecular weight excluding hydrogens is 342 g/mol. The molecule has 3 rings (SSSR count). The summed E-state index contributed by atoms with van der Waals surface area (Å²) in [5.74, 6) is 0.677. The van der Waals surface area contributed by atoms with E-state index in [-0.39, 0.29) is 11.5 Å². The fraction of sp³-hybridized carbons (Fsp3) is 0.500. The largest absolute Gasteiger partial charge is 0.493 e. The van der Waals surface area contributed by atoms with Crippen LogP contribution in [-0.4, -0.2) is 49.8 Å². The summed E-state index contributed by atoms with van der Waals surface area (Å²) in [4.78, 5) is 13.8. The van der Waals surface area contributed by atoms with E-state index < -0.39 is 5.97 Å². The Kier molecular flexibility index (Phi) is 5.61. The summed E-state index contributed by atoms with van der Waals surface area (Å²) >= 11 is 0. The van der Waals surface area contributed by atoms with Gasteiger partial charge in [0.15, 0.2) is 11.5 Å². The number of benzene rings is 1. The number of methoxy groups -OCH3 is 2. The highest BCUT2D eigenvalue weighted by atomic mass is 16.5. The number of aliphatic carboxylic acids is 1. The topological polar surface area (TPSA) is 59.0 Å². The number of rotatable bonds is 6. The van der Waals surface area contributed by atoms with E-state index in [1.54, 1.807) is 27.2 Å². The van der Waals surface area contributed by atoms with E-state index in [9.17, 15) is 9.90 Å². The molecule has 1 fully saturated rings. The van der Waals surface area contributed by atoms with Crippen molar-refractivity contribution in [3.63, 3.8) is 0 Å². The maximum Gasteiger partial charge on any atom is 0.331 e. The molecule has 1 aromatic carbocycles. The molecule has 0 aromatic heterocycles. The van der Waals surface area contributed by atoms with Crippen LogP contribution in [0.15, 0.2) is 41.5 Å². The Morgan fingerprint density at radius 1 is 1.30 bits per heavy atom. The van der Waals surface area contributed by atoms with Crippen molar-refractivity contribution in [2.75, 3.05) is 27.8 Å². The van der Waals surface area contributed by atoms with Gasteiger partial charge in [-0.25, -0.2) is 4.79 Å². The van der Waals surface area contributed by atoms with E-state index >= 15 is 0 Å². The Bertz CT molecular complexity index is 783. The van der Waals surface area contributed by atoms with Crippen LogP contribution in [0.5, 0.6) is 11.5 Å². The quantitative estimate of drug-likeness (QED) is 0.609. The van der Waals surface area contributed by atoms with Crippen molar-refractivity contribution in [1.29, 1.82) is 0 Å². The van der Waals surface area contributed by atoms with Crippen molar-refractivity contribution in [2.24, 2.45) is 0 Å². The van der Waals surface area contributed by atoms with Crippen molar-refractivity contribution >= 4 is 5.97 Å². The van der Waals surface area contributed by atoms with Crippen molar-refractivity contribution < 1.29 is 19.4 Å². The van der Waals surface area contributed by atoms with Crippen molar-refractivity contribution in [3.8, 4) is 11.5 Å². The minimum Gasteiger partial charge on any atom is -0.493 e. The first-order valence-corrected chi connectivity index (χ1v) is 9.46. The molecule has 0 amide bonds. The molecule has 146 valence electrons. The van der Waals surface area contributed by atoms with Gasteiger partial charge in [0.25, 0.3) is 0 Å². The van der Waals surface area contributed by atoms with Gasteiger partial charge in [-0.1, -0.05) is 23.8 Å². The second kappa shape index (κ2) is 7.77. The Balaban J connectivity index is 1.96. The standard InChI is InChI=1S/C22H29NO4/c1-5-16(21(24)25)12-15-8-9-22(10-11-23(2)20(22)13-15)17-6-7-18(26-3)19(14-17)27-4/h5-7,13-14,20H,8-12H2,1-4H3,(H,24,25)/b16-5+/t20-,22-/m0/s1. The third-order valence-corrected chi connectivity index (χ3v) is 6.24. The van der Waals surface area contributed by atoms with Crippen molar-refractivity contribution in [3.05, 3.63) is 47.1 Å². The number of carboxylic acid groups (broad SMARTS) is 1. The summed E-state index contributed by atoms with van der Waals surface area (Å²) in [5, 5.41) is 9.35. The summed E-state index contributed by atoms with van der Waals surface area (Å²) < 4.78 is 10.9. The zero-order valence-corrected chi connectivity index (χ0v) is 16.6. The van der Waals surface area contributed by atoms with Crippen LogP contribution in [-0.2, 0) is 10.2 Å². The minimum absolute atomic E-state index is 0.0388. The van der Waals surface area contributed by atoms with Crippen LogP contribution in [0.3, 0.4) is 0 Å². The number of fused-ring (bicyclic) bond motifs is 1. The second-order valence-electron chi connectivity index (χ2n) is 7.52. The van der Waals surface area contributed by atoms with Crippen molar-refractivity contribution in [1.82, 2.24) is 4.90 Å². The molecule has 1 saturated heterocycles. The number of likely N-dealkylation sites (N-methyl/N-ethyl adjacent to an activating group) is 1. The van der Waals surface area contributed by atoms with Crippen LogP contribution in [0, 0.1) is 0 Å². The highest BCUT2D eigenvalue weighted by Crippen LogP contribution is 2.49. The molecule has 0 unspecified atom stereocenters. The number of carbonyl (C=O) groups is 1. The molecule has 1 aliphatic heterocycles. The van der Waals surface area contributed by atoms with E-state index in [1.165, 1.54) is 11.1 Å². The molecule has 0 radical (unpaired) electrons. The minimum atomic E-state index is -0.824. The van der Waals surface area contributed by atoms with Gasteiger partial charge in [0.1, 0.15) is 0 Å². The lowest BCUT2D eigenvalue weighted by atomic mass is 9.66. The summed E-state index contributed by atoms with van der Waals surface area (Å²) in [6, 6.07) is 6.52. The molecule has 27 heavy (non-hydrogen) atoms. The van der Waals surface area contributed by atoms with Gasteiger partial charge in [0, 0.05) is 23.5 Å². The summed E-state index contributed by atoms with van der Waals surface area (Å²) in [6.45, 7) is 2.82. The molecule has 0 spiro atoms. The molecule has 0 saturated carbocycles. The van der Waals surface area contributed by atoms with Gasteiger partial charge in [-0.3, -0.25) is 4.90 Å². The predicted octanol–water partition coefficient (Wildman–Crippen LogP) is 3.79. The van der Waals surface area contributed by atoms with Crippen molar-refractivity contribution in [2.45, 2.75) is 44.1 Å². The highest BCUT2D eigenvalue weighted by Gasteiger charge is 2.48. The molecule has 5 heteroatoms. The number of allylic oxidation sites excluding steroid dienone is 2. The van der Waals surface area contributed by atoms with E-state index in [4.69, 9.17) is 9.47 Å². The average Bonchev–Trinajstić information content (AvgIpc) is 3.02. The third-order valence-electron chi connectivity index (χ3n) is 6.24. The van der Waals surface area contributed by atoms with E-state index in [0.29, 0.717) is 12.0 Å². The number of nitrogens with zero attached hydrogens (tertiary/aromatic N) is 1. The first-order chi connectivity index (χ1) is 12.9. The third kappa shape index (κ3) is 3.48. The number of hydrogen-bond donors (Lipinski definition) is 1. The van der Waals surface area contributed by atoms with Gasteiger partial charge in [-0.15, -0.1) is 0 Å². The lowest BCUT2D eigenvalue weighted by Gasteiger charge is -2.40. The molecule has 1 aromatic rings. The normalized spacial score (nSPS) is 25.7. The van der Waals surface area contributed by atoms with Gasteiger partial charge >= 0.3 is 5.97 Å². The fourth-order valence-electron chi connectivity index (χ4n) is 4.63. The monoisotopic (exact) mass is 371 g/mol. The second-order valence-corrected chi connectivity index (χ2v) is 7.52. The van der Waals surface area contributed by atoms with Crippen LogP contribution >= 0.6 is 0 Å². The molecule has 2 aliphatic rings. The molecule has 1 aliphatic carbocycles. The highest BCUT2D eigenvalue weighted by molar-refractivity contribution is 5.87. The number of hydrogen-bond acceptors (Lipinski definition) is 4. The van der Waals surface area contributed by atoms with Crippen LogP contribution in [0.25, 0.3) is 0 Å². The molecule has 0 bridgehead atoms. The fourth-order valence-corrected chi connectivity index (χ4v) is 4.63. The lowest BCUT2D eigenvalue weighted by molar-refractivity contribution is -0.132. The van der Waals surface area contributed by atoms with Crippen LogP contribution < -0.4 is 9.47 Å². The van der Waals surface area contributed by atoms with Crippen LogP contribution in [0.2, 0.25) is 0 Å². The first kappa shape index (κ1) is 19.5. The Hall–Kier alpha value is -2.27.